The fourth-order valence-electron chi connectivity index (χ4n) is 6.18. The summed E-state index contributed by atoms with van der Waals surface area (Å²) in [6.45, 7) is 5.70. The van der Waals surface area contributed by atoms with Gasteiger partial charge in [0.15, 0.2) is 0 Å². The number of unbranched alkanes of at least 4 members (excludes halogenated alkanes) is 2. The number of aryl methyl sites for hydroxylation is 3. The Labute approximate surface area is 233 Å². The molecule has 0 amide bonds. The number of carbonyl (C=O) groups is 1. The minimum Gasteiger partial charge on any atom is -0.480 e. The van der Waals surface area contributed by atoms with Gasteiger partial charge in [0.2, 0.25) is 0 Å². The van der Waals surface area contributed by atoms with E-state index in [0.29, 0.717) is 44.0 Å². The lowest BCUT2D eigenvalue weighted by molar-refractivity contribution is -0.150. The van der Waals surface area contributed by atoms with Crippen molar-refractivity contribution < 1.29 is 23.8 Å². The Morgan fingerprint density at radius 1 is 1.27 bits per heavy atom. The van der Waals surface area contributed by atoms with Crippen LogP contribution in [0, 0.1) is 5.82 Å². The molecule has 0 spiro atoms. The second kappa shape index (κ2) is 11.1. The molecule has 0 saturated carbocycles. The number of carboxylic acid groups (broad SMARTS) is 1. The lowest BCUT2D eigenvalue weighted by atomic mass is 9.81. The highest BCUT2D eigenvalue weighted by Crippen LogP contribution is 2.41. The van der Waals surface area contributed by atoms with Crippen LogP contribution in [-0.2, 0) is 39.6 Å². The largest absolute Gasteiger partial charge is 0.480 e. The number of rotatable bonds is 11. The number of pyridine rings is 1. The molecule has 5 heterocycles. The second-order valence-electron chi connectivity index (χ2n) is 11.8. The van der Waals surface area contributed by atoms with Crippen LogP contribution in [0.1, 0.15) is 61.2 Å². The van der Waals surface area contributed by atoms with Gasteiger partial charge in [0.1, 0.15) is 17.7 Å². The van der Waals surface area contributed by atoms with E-state index in [4.69, 9.17) is 14.5 Å². The number of hydrogen-bond acceptors (Lipinski definition) is 7. The number of fused-ring (bicyclic) bond motifs is 2. The number of aromatic nitrogens is 3. The van der Waals surface area contributed by atoms with Crippen molar-refractivity contribution in [3.05, 3.63) is 52.6 Å². The van der Waals surface area contributed by atoms with Gasteiger partial charge in [-0.3, -0.25) is 14.4 Å². The van der Waals surface area contributed by atoms with E-state index in [9.17, 15) is 14.3 Å². The number of nitrogens with zero attached hydrogens (tertiary/aromatic N) is 4. The zero-order valence-electron chi connectivity index (χ0n) is 23.3. The highest BCUT2D eigenvalue weighted by atomic mass is 19.1. The molecular formula is C30H38FN5O4. The Morgan fingerprint density at radius 2 is 2.10 bits per heavy atom. The summed E-state index contributed by atoms with van der Waals surface area (Å²) in [5.41, 5.74) is 3.94. The second-order valence-corrected chi connectivity index (χ2v) is 11.8. The van der Waals surface area contributed by atoms with Crippen LogP contribution in [-0.4, -0.2) is 76.3 Å². The Bertz CT molecular complexity index is 1400. The molecule has 1 aromatic carbocycles. The van der Waals surface area contributed by atoms with Gasteiger partial charge in [-0.25, -0.2) is 9.37 Å². The molecule has 0 aliphatic carbocycles. The number of likely N-dealkylation sites (tertiary alicyclic amines) is 1. The van der Waals surface area contributed by atoms with Crippen LogP contribution in [0.2, 0.25) is 0 Å². The molecule has 3 aliphatic heterocycles. The smallest absolute Gasteiger partial charge is 0.325 e. The average Bonchev–Trinajstić information content (AvgIpc) is 3.23. The summed E-state index contributed by atoms with van der Waals surface area (Å²) in [6.07, 6.45) is 6.25. The van der Waals surface area contributed by atoms with Crippen molar-refractivity contribution in [3.63, 3.8) is 0 Å². The van der Waals surface area contributed by atoms with Gasteiger partial charge >= 0.3 is 5.97 Å². The Kier molecular flexibility index (Phi) is 7.50. The van der Waals surface area contributed by atoms with Gasteiger partial charge < -0.3 is 19.9 Å². The average molecular weight is 552 g/mol. The van der Waals surface area contributed by atoms with Crippen LogP contribution in [0.3, 0.4) is 0 Å². The predicted octanol–water partition coefficient (Wildman–Crippen LogP) is 3.99. The lowest BCUT2D eigenvalue weighted by Crippen LogP contribution is -2.55. The Morgan fingerprint density at radius 3 is 2.85 bits per heavy atom. The molecule has 10 heteroatoms. The molecule has 2 fully saturated rings. The first-order valence-corrected chi connectivity index (χ1v) is 14.4. The number of anilines is 1. The van der Waals surface area contributed by atoms with Crippen LogP contribution in [0.4, 0.5) is 10.2 Å². The molecular weight excluding hydrogens is 513 g/mol. The third-order valence-corrected chi connectivity index (χ3v) is 8.51. The van der Waals surface area contributed by atoms with Crippen molar-refractivity contribution in [2.24, 2.45) is 7.05 Å². The first kappa shape index (κ1) is 27.1. The van der Waals surface area contributed by atoms with Gasteiger partial charge in [0.25, 0.3) is 0 Å². The molecule has 214 valence electrons. The van der Waals surface area contributed by atoms with Crippen molar-refractivity contribution in [2.45, 2.75) is 63.0 Å². The van der Waals surface area contributed by atoms with Crippen LogP contribution >= 0.6 is 0 Å². The van der Waals surface area contributed by atoms with Crippen LogP contribution in [0.15, 0.2) is 24.3 Å². The summed E-state index contributed by atoms with van der Waals surface area (Å²) in [5, 5.41) is 19.0. The van der Waals surface area contributed by atoms with Gasteiger partial charge in [0.05, 0.1) is 35.9 Å². The number of aliphatic carboxylic acids is 1. The maximum absolute atomic E-state index is 14.7. The maximum Gasteiger partial charge on any atom is 0.325 e. The third kappa shape index (κ3) is 5.20. The van der Waals surface area contributed by atoms with Crippen molar-refractivity contribution in [1.29, 1.82) is 0 Å². The van der Waals surface area contributed by atoms with Crippen molar-refractivity contribution in [2.75, 3.05) is 44.8 Å². The molecule has 2 saturated heterocycles. The summed E-state index contributed by atoms with van der Waals surface area (Å²) in [6, 6.07) is 6.16. The molecule has 3 aliphatic rings. The van der Waals surface area contributed by atoms with E-state index in [-0.39, 0.29) is 11.5 Å². The monoisotopic (exact) mass is 551 g/mol. The summed E-state index contributed by atoms with van der Waals surface area (Å²) in [4.78, 5) is 19.1. The van der Waals surface area contributed by atoms with Crippen LogP contribution < -0.4 is 5.32 Å². The van der Waals surface area contributed by atoms with Gasteiger partial charge in [-0.1, -0.05) is 12.5 Å². The first-order valence-electron chi connectivity index (χ1n) is 14.4. The van der Waals surface area contributed by atoms with Gasteiger partial charge in [-0.05, 0) is 68.4 Å². The topological polar surface area (TPSA) is 102 Å². The van der Waals surface area contributed by atoms with E-state index >= 15 is 0 Å². The number of hydrogen-bond donors (Lipinski definition) is 2. The van der Waals surface area contributed by atoms with Crippen molar-refractivity contribution >= 4 is 22.7 Å². The number of nitrogens with one attached hydrogen (secondary N) is 1. The van der Waals surface area contributed by atoms with Crippen molar-refractivity contribution in [1.82, 2.24) is 19.7 Å². The van der Waals surface area contributed by atoms with Crippen molar-refractivity contribution in [3.8, 4) is 0 Å². The SMILES string of the molecule is Cn1nc(C2(C)COC2)c2c(C(C(=O)O)N3CC(OCCCCCc4ccc5c(n4)NCCC5)C3)cc(F)cc21. The van der Waals surface area contributed by atoms with E-state index in [1.165, 1.54) is 24.1 Å². The Hall–Kier alpha value is -3.08. The zero-order valence-corrected chi connectivity index (χ0v) is 23.3. The minimum atomic E-state index is -0.999. The van der Waals surface area contributed by atoms with Crippen LogP contribution in [0.25, 0.3) is 10.9 Å². The van der Waals surface area contributed by atoms with E-state index < -0.39 is 17.8 Å². The standard InChI is InChI=1S/C30H38FN5O4/c1-30(17-39-18-30)27-25-23(13-20(31)14-24(25)35(2)34-27)26(29(37)38)36-15-22(16-36)40-12-5-3-4-8-21-10-9-19-7-6-11-32-28(19)33-21/h9-10,13-14,22,26H,3-8,11-12,15-18H2,1-2H3,(H,32,33)(H,37,38). The molecule has 6 rings (SSSR count). The van der Waals surface area contributed by atoms with E-state index in [1.807, 2.05) is 4.90 Å². The fourth-order valence-corrected chi connectivity index (χ4v) is 6.18. The Balaban J connectivity index is 1.03. The number of ether oxygens (including phenoxy) is 2. The number of carboxylic acids is 1. The molecule has 3 aromatic rings. The van der Waals surface area contributed by atoms with Gasteiger partial charge in [0, 0.05) is 44.4 Å². The minimum absolute atomic E-state index is 0.0230. The molecule has 9 nitrogen and oxygen atoms in total. The number of halogens is 1. The molecule has 2 aromatic heterocycles. The van der Waals surface area contributed by atoms with Crippen LogP contribution in [0.5, 0.6) is 0 Å². The zero-order chi connectivity index (χ0) is 27.9. The molecule has 1 atom stereocenters. The molecule has 0 radical (unpaired) electrons. The summed E-state index contributed by atoms with van der Waals surface area (Å²) in [7, 11) is 1.77. The van der Waals surface area contributed by atoms with E-state index in [0.717, 1.165) is 61.2 Å². The summed E-state index contributed by atoms with van der Waals surface area (Å²) in [5.74, 6) is -0.416. The van der Waals surface area contributed by atoms with Gasteiger partial charge in [-0.15, -0.1) is 0 Å². The predicted molar refractivity (Wildman–Crippen MR) is 149 cm³/mol. The molecule has 0 bridgehead atoms. The van der Waals surface area contributed by atoms with E-state index in [2.05, 4.69) is 29.5 Å². The third-order valence-electron chi connectivity index (χ3n) is 8.51. The maximum atomic E-state index is 14.7. The summed E-state index contributed by atoms with van der Waals surface area (Å²) >= 11 is 0. The molecule has 40 heavy (non-hydrogen) atoms. The lowest BCUT2D eigenvalue weighted by Gasteiger charge is -2.43. The first-order chi connectivity index (χ1) is 19.3. The normalized spacial score (nSPS) is 19.5. The summed E-state index contributed by atoms with van der Waals surface area (Å²) < 4.78 is 27.8. The quantitative estimate of drug-likeness (QED) is 0.345. The van der Waals surface area contributed by atoms with Gasteiger partial charge in [-0.2, -0.15) is 5.10 Å². The molecule has 1 unspecified atom stereocenters. The highest BCUT2D eigenvalue weighted by Gasteiger charge is 2.43. The number of benzene rings is 1. The highest BCUT2D eigenvalue weighted by molar-refractivity contribution is 5.91. The van der Waals surface area contributed by atoms with E-state index in [1.54, 1.807) is 11.7 Å². The molecule has 2 N–H and O–H groups in total. The fraction of sp³-hybridized carbons (Fsp3) is 0.567.